The molecule has 0 spiro atoms. The number of morpholine rings is 1. The van der Waals surface area contributed by atoms with Crippen LogP contribution < -0.4 is 0 Å². The van der Waals surface area contributed by atoms with Gasteiger partial charge in [0.25, 0.3) is 0 Å². The molecule has 3 atom stereocenters. The van der Waals surface area contributed by atoms with E-state index < -0.39 is 11.7 Å². The summed E-state index contributed by atoms with van der Waals surface area (Å²) >= 11 is 0. The van der Waals surface area contributed by atoms with Gasteiger partial charge in [0.2, 0.25) is 0 Å². The summed E-state index contributed by atoms with van der Waals surface area (Å²) in [4.78, 5) is 5.10. The molecule has 4 nitrogen and oxygen atoms in total. The number of aliphatic hydroxyl groups excluding tert-OH is 1. The molecule has 0 aromatic heterocycles. The smallest absolute Gasteiger partial charge is 0.0754 e. The molecule has 2 bridgehead atoms. The van der Waals surface area contributed by atoms with Gasteiger partial charge in [-0.25, -0.2) is 5.06 Å². The molecule has 0 amide bonds. The van der Waals surface area contributed by atoms with Crippen LogP contribution in [0.3, 0.4) is 0 Å². The molecule has 2 fully saturated rings. The van der Waals surface area contributed by atoms with Gasteiger partial charge in [0.05, 0.1) is 25.4 Å². The molecule has 0 radical (unpaired) electrons. The number of hydroxylamine groups is 2. The maximum Gasteiger partial charge on any atom is 0.0754 e. The molecule has 2 aliphatic rings. The van der Waals surface area contributed by atoms with E-state index in [4.69, 9.17) is 9.57 Å². The Morgan fingerprint density at radius 2 is 2.46 bits per heavy atom. The minimum atomic E-state index is -0.442. The van der Waals surface area contributed by atoms with Crippen molar-refractivity contribution in [2.45, 2.75) is 31.1 Å². The number of hydrogen-bond donors (Lipinski definition) is 1. The van der Waals surface area contributed by atoms with E-state index in [1.807, 2.05) is 6.92 Å². The standard InChI is InChI=1S/C8H14NO3.U/c1-3-8-5-9(11-2)6(4-12-8)7(8)10;/h4,6-7,10H,3,5H2,1-2H3;/q-1;/t6-,7-,8-;/m1./s1. The zero-order chi connectivity index (χ0) is 8.77. The van der Waals surface area contributed by atoms with Crippen LogP contribution in [0.4, 0.5) is 0 Å². The molecule has 1 N–H and O–H groups in total. The predicted molar refractivity (Wildman–Crippen MR) is 41.9 cm³/mol. The topological polar surface area (TPSA) is 41.9 Å². The zero-order valence-corrected chi connectivity index (χ0v) is 12.0. The summed E-state index contributed by atoms with van der Waals surface area (Å²) in [5, 5.41) is 11.6. The van der Waals surface area contributed by atoms with Crippen LogP contribution in [0.1, 0.15) is 13.3 Å². The van der Waals surface area contributed by atoms with Crippen LogP contribution in [0, 0.1) is 37.7 Å². The molecule has 0 saturated carbocycles. The van der Waals surface area contributed by atoms with Crippen molar-refractivity contribution in [2.75, 3.05) is 13.7 Å². The van der Waals surface area contributed by atoms with Crippen molar-refractivity contribution < 1.29 is 45.8 Å². The summed E-state index contributed by atoms with van der Waals surface area (Å²) in [5.41, 5.74) is -0.416. The van der Waals surface area contributed by atoms with Crippen LogP contribution in [0.5, 0.6) is 0 Å². The molecule has 2 saturated heterocycles. The summed E-state index contributed by atoms with van der Waals surface area (Å²) in [6.07, 6.45) is 0.364. The fraction of sp³-hybridized carbons (Fsp3) is 0.875. The van der Waals surface area contributed by atoms with E-state index in [1.54, 1.807) is 18.8 Å². The van der Waals surface area contributed by atoms with Gasteiger partial charge in [-0.05, 0) is 12.5 Å². The van der Waals surface area contributed by atoms with E-state index in [0.717, 1.165) is 6.42 Å². The average Bonchev–Trinajstić information content (AvgIpc) is 2.58. The Kier molecular flexibility index (Phi) is 3.84. The van der Waals surface area contributed by atoms with Gasteiger partial charge in [-0.3, -0.25) is 0 Å². The summed E-state index contributed by atoms with van der Waals surface area (Å²) in [5.74, 6) is 0. The molecular weight excluding hydrogens is 396 g/mol. The molecular formula is C8H14NO3U-. The Morgan fingerprint density at radius 3 is 2.85 bits per heavy atom. The van der Waals surface area contributed by atoms with Crippen LogP contribution in [0.15, 0.2) is 0 Å². The van der Waals surface area contributed by atoms with Crippen molar-refractivity contribution in [3.8, 4) is 0 Å². The van der Waals surface area contributed by atoms with Crippen LogP contribution >= 0.6 is 0 Å². The van der Waals surface area contributed by atoms with Gasteiger partial charge < -0.3 is 14.7 Å². The quantitative estimate of drug-likeness (QED) is 0.648. The first-order valence-corrected chi connectivity index (χ1v) is 4.23. The second-order valence-corrected chi connectivity index (χ2v) is 3.37. The second-order valence-electron chi connectivity index (χ2n) is 3.37. The molecule has 0 aromatic rings. The molecule has 74 valence electrons. The van der Waals surface area contributed by atoms with E-state index in [0.29, 0.717) is 6.54 Å². The first-order chi connectivity index (χ1) is 5.73. The Balaban J connectivity index is 0.000000845. The molecule has 0 aliphatic carbocycles. The van der Waals surface area contributed by atoms with Gasteiger partial charge in [0, 0.05) is 31.1 Å². The number of fused-ring (bicyclic) bond motifs is 2. The Morgan fingerprint density at radius 1 is 1.77 bits per heavy atom. The van der Waals surface area contributed by atoms with Crippen molar-refractivity contribution in [3.63, 3.8) is 0 Å². The number of ether oxygens (including phenoxy) is 1. The van der Waals surface area contributed by atoms with Gasteiger partial charge >= 0.3 is 0 Å². The van der Waals surface area contributed by atoms with Crippen LogP contribution in [-0.2, 0) is 9.57 Å². The van der Waals surface area contributed by atoms with Crippen LogP contribution in [0.2, 0.25) is 0 Å². The maximum absolute atomic E-state index is 9.80. The average molecular weight is 410 g/mol. The Bertz CT molecular complexity index is 192. The molecule has 2 aliphatic heterocycles. The third-order valence-electron chi connectivity index (χ3n) is 2.89. The van der Waals surface area contributed by atoms with Gasteiger partial charge in [-0.2, -0.15) is 6.61 Å². The zero-order valence-electron chi connectivity index (χ0n) is 7.86. The fourth-order valence-electron chi connectivity index (χ4n) is 1.98. The van der Waals surface area contributed by atoms with Crippen molar-refractivity contribution in [1.29, 1.82) is 0 Å². The third-order valence-corrected chi connectivity index (χ3v) is 2.89. The largest absolute Gasteiger partial charge is 0.543 e. The maximum atomic E-state index is 9.80. The van der Waals surface area contributed by atoms with Crippen LogP contribution in [-0.4, -0.2) is 41.6 Å². The van der Waals surface area contributed by atoms with Crippen molar-refractivity contribution in [2.24, 2.45) is 0 Å². The summed E-state index contributed by atoms with van der Waals surface area (Å²) in [6.45, 7) is 4.34. The number of nitrogens with zero attached hydrogens (tertiary/aromatic N) is 1. The van der Waals surface area contributed by atoms with Gasteiger partial charge in [-0.15, -0.1) is 0 Å². The van der Waals surface area contributed by atoms with E-state index in [-0.39, 0.29) is 37.2 Å². The summed E-state index contributed by atoms with van der Waals surface area (Å²) < 4.78 is 5.44. The van der Waals surface area contributed by atoms with Crippen molar-refractivity contribution in [1.82, 2.24) is 5.06 Å². The van der Waals surface area contributed by atoms with E-state index in [1.165, 1.54) is 0 Å². The second kappa shape index (κ2) is 4.18. The van der Waals surface area contributed by atoms with Gasteiger partial charge in [0.15, 0.2) is 0 Å². The first-order valence-electron chi connectivity index (χ1n) is 4.23. The summed E-state index contributed by atoms with van der Waals surface area (Å²) in [7, 11) is 1.62. The molecule has 2 heterocycles. The van der Waals surface area contributed by atoms with E-state index in [9.17, 15) is 5.11 Å². The first kappa shape index (κ1) is 12.0. The van der Waals surface area contributed by atoms with Gasteiger partial charge in [0.1, 0.15) is 0 Å². The molecule has 5 heteroatoms. The van der Waals surface area contributed by atoms with Crippen molar-refractivity contribution in [3.05, 3.63) is 6.61 Å². The molecule has 0 unspecified atom stereocenters. The normalized spacial score (nSPS) is 43.6. The van der Waals surface area contributed by atoms with E-state index in [2.05, 4.69) is 0 Å². The summed E-state index contributed by atoms with van der Waals surface area (Å²) in [6, 6.07) is -0.0880. The van der Waals surface area contributed by atoms with E-state index >= 15 is 0 Å². The molecule has 2 rings (SSSR count). The minimum absolute atomic E-state index is 0. The SMILES string of the molecule is CC[C@]12CN(OC)[C@H]([CH-]O1)[C@H]2O.[U]. The molecule has 0 aromatic carbocycles. The Hall–Kier alpha value is 0.892. The third kappa shape index (κ3) is 1.60. The number of aliphatic hydroxyl groups is 1. The predicted octanol–water partition coefficient (Wildman–Crippen LogP) is -0.0663. The minimum Gasteiger partial charge on any atom is -0.543 e. The fourth-order valence-corrected chi connectivity index (χ4v) is 1.98. The number of hydrogen-bond acceptors (Lipinski definition) is 4. The van der Waals surface area contributed by atoms with Crippen LogP contribution in [0.25, 0.3) is 0 Å². The monoisotopic (exact) mass is 410 g/mol. The van der Waals surface area contributed by atoms with Gasteiger partial charge in [-0.1, -0.05) is 6.92 Å². The van der Waals surface area contributed by atoms with Crippen molar-refractivity contribution >= 4 is 0 Å². The number of rotatable bonds is 2. The Labute approximate surface area is 102 Å². The molecule has 13 heavy (non-hydrogen) atoms.